The van der Waals surface area contributed by atoms with Crippen LogP contribution < -0.4 is 4.90 Å². The quantitative estimate of drug-likeness (QED) is 0.837. The van der Waals surface area contributed by atoms with E-state index in [0.29, 0.717) is 18.9 Å². The average Bonchev–Trinajstić information content (AvgIpc) is 2.34. The van der Waals surface area contributed by atoms with E-state index in [9.17, 15) is 15.0 Å². The summed E-state index contributed by atoms with van der Waals surface area (Å²) in [5.74, 6) is -0.220. The zero-order valence-corrected chi connectivity index (χ0v) is 12.8. The lowest BCUT2D eigenvalue weighted by atomic mass is 10.1. The highest BCUT2D eigenvalue weighted by Gasteiger charge is 2.20. The van der Waals surface area contributed by atoms with Crippen molar-refractivity contribution in [2.75, 3.05) is 18.0 Å². The summed E-state index contributed by atoms with van der Waals surface area (Å²) in [5.41, 5.74) is 0.108. The summed E-state index contributed by atoms with van der Waals surface area (Å²) in [5, 5.41) is 19.2. The molecule has 1 rings (SSSR count). The Labute approximate surface area is 120 Å². The summed E-state index contributed by atoms with van der Waals surface area (Å²) in [6.07, 6.45) is 0. The molecule has 0 atom stereocenters. The number of anilines is 1. The van der Waals surface area contributed by atoms with Gasteiger partial charge in [-0.1, -0.05) is 13.8 Å². The molecule has 0 fully saturated rings. The predicted molar refractivity (Wildman–Crippen MR) is 79.5 cm³/mol. The fraction of sp³-hybridized carbons (Fsp3) is 0.600. The van der Waals surface area contributed by atoms with Crippen LogP contribution in [0.2, 0.25) is 0 Å². The second-order valence-electron chi connectivity index (χ2n) is 5.93. The van der Waals surface area contributed by atoms with Crippen LogP contribution in [-0.4, -0.2) is 39.9 Å². The van der Waals surface area contributed by atoms with Gasteiger partial charge in [-0.15, -0.1) is 0 Å². The van der Waals surface area contributed by atoms with Crippen LogP contribution in [0.5, 0.6) is 0 Å². The lowest BCUT2D eigenvalue weighted by molar-refractivity contribution is 0.0696. The molecule has 0 saturated heterocycles. The Morgan fingerprint density at radius 2 is 2.00 bits per heavy atom. The molecule has 0 amide bonds. The number of carboxylic acids is 1. The van der Waals surface area contributed by atoms with Crippen LogP contribution in [0.4, 0.5) is 5.82 Å². The normalized spacial score (nSPS) is 11.8. The van der Waals surface area contributed by atoms with Crippen LogP contribution >= 0.6 is 0 Å². The molecule has 1 heterocycles. The van der Waals surface area contributed by atoms with Crippen molar-refractivity contribution in [3.8, 4) is 0 Å². The van der Waals surface area contributed by atoms with Gasteiger partial charge in [0.1, 0.15) is 5.82 Å². The third kappa shape index (κ3) is 4.49. The summed E-state index contributed by atoms with van der Waals surface area (Å²) in [7, 11) is 0. The second kappa shape index (κ2) is 6.22. The van der Waals surface area contributed by atoms with Crippen LogP contribution in [0, 0.1) is 0 Å². The summed E-state index contributed by atoms with van der Waals surface area (Å²) in [4.78, 5) is 17.6. The van der Waals surface area contributed by atoms with Crippen molar-refractivity contribution in [1.29, 1.82) is 0 Å². The fourth-order valence-corrected chi connectivity index (χ4v) is 1.94. The van der Waals surface area contributed by atoms with E-state index in [1.165, 1.54) is 0 Å². The SMILES string of the molecule is CCN(CC(C)(C)O)c1cc(C(=O)O)cc(C(C)C)n1. The minimum absolute atomic E-state index is 0.147. The smallest absolute Gasteiger partial charge is 0.335 e. The van der Waals surface area contributed by atoms with E-state index in [-0.39, 0.29) is 11.5 Å². The topological polar surface area (TPSA) is 73.7 Å². The third-order valence-corrected chi connectivity index (χ3v) is 2.95. The first kappa shape index (κ1) is 16.4. The van der Waals surface area contributed by atoms with Crippen molar-refractivity contribution in [3.05, 3.63) is 23.4 Å². The molecule has 0 aliphatic heterocycles. The highest BCUT2D eigenvalue weighted by Crippen LogP contribution is 2.21. The van der Waals surface area contributed by atoms with Crippen LogP contribution in [-0.2, 0) is 0 Å². The monoisotopic (exact) mass is 280 g/mol. The summed E-state index contributed by atoms with van der Waals surface area (Å²) in [6, 6.07) is 3.16. The molecule has 20 heavy (non-hydrogen) atoms. The number of pyridine rings is 1. The summed E-state index contributed by atoms with van der Waals surface area (Å²) in [6.45, 7) is 10.4. The van der Waals surface area contributed by atoms with Crippen LogP contribution in [0.25, 0.3) is 0 Å². The maximum Gasteiger partial charge on any atom is 0.335 e. The minimum Gasteiger partial charge on any atom is -0.478 e. The van der Waals surface area contributed by atoms with Gasteiger partial charge < -0.3 is 15.1 Å². The number of aliphatic hydroxyl groups is 1. The number of hydrogen-bond donors (Lipinski definition) is 2. The molecule has 0 aromatic carbocycles. The average molecular weight is 280 g/mol. The molecule has 0 aliphatic rings. The number of likely N-dealkylation sites (N-methyl/N-ethyl adjacent to an activating group) is 1. The van der Waals surface area contributed by atoms with E-state index in [0.717, 1.165) is 5.69 Å². The van der Waals surface area contributed by atoms with Gasteiger partial charge in [0.05, 0.1) is 11.2 Å². The highest BCUT2D eigenvalue weighted by atomic mass is 16.4. The van der Waals surface area contributed by atoms with E-state index in [1.807, 2.05) is 25.7 Å². The van der Waals surface area contributed by atoms with Gasteiger partial charge in [-0.25, -0.2) is 9.78 Å². The predicted octanol–water partition coefficient (Wildman–Crippen LogP) is 2.50. The molecule has 0 spiro atoms. The van der Waals surface area contributed by atoms with Crippen molar-refractivity contribution >= 4 is 11.8 Å². The van der Waals surface area contributed by atoms with E-state index in [1.54, 1.807) is 26.0 Å². The molecule has 0 unspecified atom stereocenters. The molecule has 1 aromatic rings. The van der Waals surface area contributed by atoms with Gasteiger partial charge in [-0.3, -0.25) is 0 Å². The maximum absolute atomic E-state index is 11.2. The van der Waals surface area contributed by atoms with E-state index >= 15 is 0 Å². The molecule has 0 radical (unpaired) electrons. The Bertz CT molecular complexity index is 478. The van der Waals surface area contributed by atoms with Crippen LogP contribution in [0.1, 0.15) is 56.6 Å². The molecule has 0 aliphatic carbocycles. The highest BCUT2D eigenvalue weighted by molar-refractivity contribution is 5.88. The van der Waals surface area contributed by atoms with Gasteiger partial charge in [0.15, 0.2) is 0 Å². The molecule has 0 saturated carbocycles. The van der Waals surface area contributed by atoms with Crippen molar-refractivity contribution in [2.24, 2.45) is 0 Å². The molecule has 5 heteroatoms. The van der Waals surface area contributed by atoms with E-state index < -0.39 is 11.6 Å². The van der Waals surface area contributed by atoms with Gasteiger partial charge in [0.2, 0.25) is 0 Å². The molecule has 2 N–H and O–H groups in total. The van der Waals surface area contributed by atoms with Crippen LogP contribution in [0.3, 0.4) is 0 Å². The molecule has 1 aromatic heterocycles. The molecule has 112 valence electrons. The zero-order valence-electron chi connectivity index (χ0n) is 12.8. The van der Waals surface area contributed by atoms with E-state index in [4.69, 9.17) is 0 Å². The Morgan fingerprint density at radius 3 is 2.40 bits per heavy atom. The number of aromatic nitrogens is 1. The Hall–Kier alpha value is -1.62. The Kier molecular flexibility index (Phi) is 5.11. The number of rotatable bonds is 6. The fourth-order valence-electron chi connectivity index (χ4n) is 1.94. The first-order chi connectivity index (χ1) is 9.14. The third-order valence-electron chi connectivity index (χ3n) is 2.95. The second-order valence-corrected chi connectivity index (χ2v) is 5.93. The van der Waals surface area contributed by atoms with Gasteiger partial charge in [-0.05, 0) is 38.8 Å². The number of carbonyl (C=O) groups is 1. The van der Waals surface area contributed by atoms with Crippen molar-refractivity contribution in [2.45, 2.75) is 46.1 Å². The number of nitrogens with zero attached hydrogens (tertiary/aromatic N) is 2. The number of hydrogen-bond acceptors (Lipinski definition) is 4. The number of carboxylic acid groups (broad SMARTS) is 1. The first-order valence-corrected chi connectivity index (χ1v) is 6.86. The van der Waals surface area contributed by atoms with Gasteiger partial charge >= 0.3 is 5.97 Å². The lowest BCUT2D eigenvalue weighted by Gasteiger charge is -2.29. The summed E-state index contributed by atoms with van der Waals surface area (Å²) < 4.78 is 0. The zero-order chi connectivity index (χ0) is 15.5. The number of aromatic carboxylic acids is 1. The molecule has 5 nitrogen and oxygen atoms in total. The Morgan fingerprint density at radius 1 is 1.40 bits per heavy atom. The van der Waals surface area contributed by atoms with Crippen molar-refractivity contribution in [3.63, 3.8) is 0 Å². The lowest BCUT2D eigenvalue weighted by Crippen LogP contribution is -2.39. The largest absolute Gasteiger partial charge is 0.478 e. The molecular weight excluding hydrogens is 256 g/mol. The summed E-state index contributed by atoms with van der Waals surface area (Å²) >= 11 is 0. The van der Waals surface area contributed by atoms with Gasteiger partial charge in [-0.2, -0.15) is 0 Å². The van der Waals surface area contributed by atoms with Gasteiger partial charge in [0.25, 0.3) is 0 Å². The van der Waals surface area contributed by atoms with Crippen LogP contribution in [0.15, 0.2) is 12.1 Å². The van der Waals surface area contributed by atoms with Crippen molar-refractivity contribution < 1.29 is 15.0 Å². The first-order valence-electron chi connectivity index (χ1n) is 6.86. The van der Waals surface area contributed by atoms with Crippen molar-refractivity contribution in [1.82, 2.24) is 4.98 Å². The van der Waals surface area contributed by atoms with Gasteiger partial charge in [0, 0.05) is 18.8 Å². The minimum atomic E-state index is -0.963. The Balaban J connectivity index is 3.23. The maximum atomic E-state index is 11.2. The molecular formula is C15H24N2O3. The van der Waals surface area contributed by atoms with E-state index in [2.05, 4.69) is 4.98 Å². The standard InChI is InChI=1S/C15H24N2O3/c1-6-17(9-15(4,5)20)13-8-11(14(18)19)7-12(16-13)10(2)3/h7-8,10,20H,6,9H2,1-5H3,(H,18,19). The molecule has 0 bridgehead atoms.